The number of carbonyl (C=O) groups excluding carboxylic acids is 1. The number of thiazole rings is 1. The molecule has 0 radical (unpaired) electrons. The van der Waals surface area contributed by atoms with Gasteiger partial charge in [-0.3, -0.25) is 0 Å². The lowest BCUT2D eigenvalue weighted by molar-refractivity contribution is 0.0505. The van der Waals surface area contributed by atoms with Crippen LogP contribution in [-0.4, -0.2) is 30.6 Å². The van der Waals surface area contributed by atoms with Gasteiger partial charge in [-0.25, -0.2) is 9.78 Å². The molecule has 0 saturated carbocycles. The van der Waals surface area contributed by atoms with Gasteiger partial charge in [-0.15, -0.1) is 21.6 Å². The van der Waals surface area contributed by atoms with Gasteiger partial charge in [0.1, 0.15) is 9.71 Å². The summed E-state index contributed by atoms with van der Waals surface area (Å²) in [7, 11) is 0. The Morgan fingerprint density at radius 2 is 1.53 bits per heavy atom. The second-order valence-corrected chi connectivity index (χ2v) is 10.4. The molecule has 36 heavy (non-hydrogen) atoms. The third kappa shape index (κ3) is 6.00. The first-order valence-electron chi connectivity index (χ1n) is 12.0. The number of ether oxygens (including phenoxy) is 1. The van der Waals surface area contributed by atoms with E-state index in [-0.39, 0.29) is 5.97 Å². The molecule has 0 spiro atoms. The average molecular weight is 519 g/mol. The minimum atomic E-state index is -0.293. The van der Waals surface area contributed by atoms with Gasteiger partial charge in [0.05, 0.1) is 28.4 Å². The van der Waals surface area contributed by atoms with E-state index < -0.39 is 0 Å². The number of anilines is 1. The molecular formula is C26H26N6O2S2. The third-order valence-corrected chi connectivity index (χ3v) is 7.74. The van der Waals surface area contributed by atoms with E-state index in [0.29, 0.717) is 22.3 Å². The summed E-state index contributed by atoms with van der Waals surface area (Å²) in [6.45, 7) is 4.76. The molecule has 2 aromatic heterocycles. The van der Waals surface area contributed by atoms with E-state index in [1.165, 1.54) is 41.2 Å². The predicted octanol–water partition coefficient (Wildman–Crippen LogP) is 8.75. The molecule has 0 amide bonds. The van der Waals surface area contributed by atoms with Crippen molar-refractivity contribution >= 4 is 66.1 Å². The van der Waals surface area contributed by atoms with E-state index >= 15 is 0 Å². The van der Waals surface area contributed by atoms with Crippen LogP contribution in [0, 0.1) is 0 Å². The number of carbonyl (C=O) groups is 1. The molecule has 0 atom stereocenters. The monoisotopic (exact) mass is 518 g/mol. The van der Waals surface area contributed by atoms with E-state index in [4.69, 9.17) is 4.74 Å². The molecular weight excluding hydrogens is 492 g/mol. The smallest absolute Gasteiger partial charge is 0.348 e. The zero-order valence-corrected chi connectivity index (χ0v) is 21.6. The lowest BCUT2D eigenvalue weighted by Crippen LogP contribution is -2.17. The summed E-state index contributed by atoms with van der Waals surface area (Å²) in [6, 6.07) is 17.4. The first-order chi connectivity index (χ1) is 17.7. The lowest BCUT2D eigenvalue weighted by atomic mass is 10.2. The van der Waals surface area contributed by atoms with Gasteiger partial charge in [0.2, 0.25) is 5.13 Å². The van der Waals surface area contributed by atoms with Crippen LogP contribution < -0.4 is 4.90 Å². The van der Waals surface area contributed by atoms with Crippen LogP contribution in [0.25, 0.3) is 9.53 Å². The van der Waals surface area contributed by atoms with Crippen LogP contribution in [0.5, 0.6) is 0 Å². The zero-order chi connectivity index (χ0) is 24.7. The lowest BCUT2D eigenvalue weighted by Gasteiger charge is -2.17. The van der Waals surface area contributed by atoms with Crippen LogP contribution >= 0.6 is 22.7 Å². The first-order valence-corrected chi connectivity index (χ1v) is 13.7. The Bertz CT molecular complexity index is 1340. The number of aromatic nitrogens is 1. The van der Waals surface area contributed by atoms with E-state index in [2.05, 4.69) is 49.4 Å². The number of benzene rings is 2. The van der Waals surface area contributed by atoms with E-state index in [0.717, 1.165) is 46.8 Å². The number of esters is 1. The van der Waals surface area contributed by atoms with Gasteiger partial charge < -0.3 is 9.64 Å². The van der Waals surface area contributed by atoms with Crippen LogP contribution in [0.1, 0.15) is 42.3 Å². The second kappa shape index (κ2) is 11.5. The molecule has 0 unspecified atom stereocenters. The Morgan fingerprint density at radius 1 is 0.917 bits per heavy atom. The number of hydrogen-bond donors (Lipinski definition) is 0. The van der Waals surface area contributed by atoms with Crippen molar-refractivity contribution in [2.24, 2.45) is 20.5 Å². The van der Waals surface area contributed by atoms with Crippen molar-refractivity contribution in [1.82, 2.24) is 4.98 Å². The fourth-order valence-electron chi connectivity index (χ4n) is 3.75. The Morgan fingerprint density at radius 3 is 2.14 bits per heavy atom. The van der Waals surface area contributed by atoms with E-state index in [9.17, 15) is 4.79 Å². The SMILES string of the molecule is CCCCOC(=O)c1cc2sc(N=Nc3ccc(N=Nc4ccc(N5CCCC5)cc4)cc3)nc2s1. The van der Waals surface area contributed by atoms with Gasteiger partial charge in [0, 0.05) is 18.8 Å². The molecule has 10 heteroatoms. The van der Waals surface area contributed by atoms with Crippen molar-refractivity contribution in [3.8, 4) is 0 Å². The summed E-state index contributed by atoms with van der Waals surface area (Å²) < 4.78 is 6.17. The average Bonchev–Trinajstić information content (AvgIpc) is 3.65. The van der Waals surface area contributed by atoms with Gasteiger partial charge in [0.15, 0.2) is 0 Å². The Kier molecular flexibility index (Phi) is 7.73. The number of rotatable bonds is 9. The zero-order valence-electron chi connectivity index (χ0n) is 20.0. The maximum absolute atomic E-state index is 12.1. The summed E-state index contributed by atoms with van der Waals surface area (Å²) in [5.41, 5.74) is 3.50. The van der Waals surface area contributed by atoms with Crippen molar-refractivity contribution in [3.63, 3.8) is 0 Å². The normalized spacial score (nSPS) is 14.0. The minimum absolute atomic E-state index is 0.293. The molecule has 0 aliphatic carbocycles. The number of fused-ring (bicyclic) bond motifs is 1. The van der Waals surface area contributed by atoms with Crippen molar-refractivity contribution < 1.29 is 9.53 Å². The molecule has 0 bridgehead atoms. The largest absolute Gasteiger partial charge is 0.462 e. The van der Waals surface area contributed by atoms with Crippen LogP contribution in [0.2, 0.25) is 0 Å². The maximum atomic E-state index is 12.1. The standard InChI is InChI=1S/C26H26N6O2S2/c1-2-3-16-34-25(33)23-17-22-24(35-23)27-26(36-22)31-30-19-8-6-18(7-9-19)28-29-20-10-12-21(13-11-20)32-14-4-5-15-32/h6-13,17H,2-5,14-16H2,1H3. The van der Waals surface area contributed by atoms with Gasteiger partial charge in [0.25, 0.3) is 0 Å². The summed E-state index contributed by atoms with van der Waals surface area (Å²) in [5.74, 6) is -0.293. The fraction of sp³-hybridized carbons (Fsp3) is 0.308. The fourth-order valence-corrected chi connectivity index (χ4v) is 5.68. The van der Waals surface area contributed by atoms with Crippen LogP contribution in [0.3, 0.4) is 0 Å². The van der Waals surface area contributed by atoms with Gasteiger partial charge in [-0.05, 0) is 73.9 Å². The van der Waals surface area contributed by atoms with Crippen LogP contribution in [0.4, 0.5) is 27.9 Å². The molecule has 4 aromatic rings. The summed E-state index contributed by atoms with van der Waals surface area (Å²) in [6.07, 6.45) is 4.38. The molecule has 2 aromatic carbocycles. The highest BCUT2D eigenvalue weighted by Crippen LogP contribution is 2.35. The molecule has 8 nitrogen and oxygen atoms in total. The van der Waals surface area contributed by atoms with Crippen molar-refractivity contribution in [2.75, 3.05) is 24.6 Å². The highest BCUT2D eigenvalue weighted by atomic mass is 32.1. The van der Waals surface area contributed by atoms with Crippen molar-refractivity contribution in [2.45, 2.75) is 32.6 Å². The molecule has 184 valence electrons. The topological polar surface area (TPSA) is 91.9 Å². The van der Waals surface area contributed by atoms with E-state index in [1.54, 1.807) is 0 Å². The van der Waals surface area contributed by atoms with E-state index in [1.807, 2.05) is 42.5 Å². The molecule has 3 heterocycles. The molecule has 0 N–H and O–H groups in total. The number of unbranched alkanes of at least 4 members (excludes halogenated alkanes) is 1. The second-order valence-electron chi connectivity index (χ2n) is 8.39. The number of azo groups is 2. The molecule has 1 fully saturated rings. The van der Waals surface area contributed by atoms with Gasteiger partial charge in [-0.1, -0.05) is 24.7 Å². The third-order valence-electron chi connectivity index (χ3n) is 5.71. The van der Waals surface area contributed by atoms with Crippen molar-refractivity contribution in [1.29, 1.82) is 0 Å². The molecule has 1 aliphatic heterocycles. The summed E-state index contributed by atoms with van der Waals surface area (Å²) in [4.78, 5) is 20.3. The Balaban J connectivity index is 1.17. The Labute approximate surface area is 217 Å². The molecule has 1 saturated heterocycles. The first kappa shape index (κ1) is 24.2. The number of hydrogen-bond acceptors (Lipinski definition) is 10. The van der Waals surface area contributed by atoms with Gasteiger partial charge in [-0.2, -0.15) is 10.2 Å². The summed E-state index contributed by atoms with van der Waals surface area (Å²) >= 11 is 2.71. The van der Waals surface area contributed by atoms with Gasteiger partial charge >= 0.3 is 5.97 Å². The van der Waals surface area contributed by atoms with Crippen molar-refractivity contribution in [3.05, 3.63) is 59.5 Å². The maximum Gasteiger partial charge on any atom is 0.348 e. The molecule has 5 rings (SSSR count). The predicted molar refractivity (Wildman–Crippen MR) is 145 cm³/mol. The number of thiophene rings is 1. The summed E-state index contributed by atoms with van der Waals surface area (Å²) in [5, 5.41) is 17.7. The highest BCUT2D eigenvalue weighted by Gasteiger charge is 2.15. The van der Waals surface area contributed by atoms with Crippen LogP contribution in [0.15, 0.2) is 75.1 Å². The van der Waals surface area contributed by atoms with Crippen LogP contribution in [-0.2, 0) is 4.74 Å². The Hall–Kier alpha value is -3.50. The number of nitrogens with zero attached hydrogens (tertiary/aromatic N) is 6. The molecule has 1 aliphatic rings. The minimum Gasteiger partial charge on any atom is -0.462 e. The quantitative estimate of drug-likeness (QED) is 0.126. The highest BCUT2D eigenvalue weighted by molar-refractivity contribution is 7.29.